The third-order valence-electron chi connectivity index (χ3n) is 5.29. The highest BCUT2D eigenvalue weighted by molar-refractivity contribution is 7.99. The number of nitrogens with one attached hydrogen (secondary N) is 1. The van der Waals surface area contributed by atoms with Gasteiger partial charge in [0.1, 0.15) is 24.0 Å². The maximum atomic E-state index is 12.4. The molecule has 2 fully saturated rings. The van der Waals surface area contributed by atoms with Crippen molar-refractivity contribution in [1.82, 2.24) is 20.2 Å². The molecule has 32 heavy (non-hydrogen) atoms. The zero-order chi connectivity index (χ0) is 21.9. The Balaban J connectivity index is 1.22. The number of carbonyl (C=O) groups excluding carboxylic acids is 1. The number of ether oxygens (including phenoxy) is 4. The van der Waals surface area contributed by atoms with Crippen LogP contribution in [0.25, 0.3) is 0 Å². The van der Waals surface area contributed by atoms with E-state index < -0.39 is 18.3 Å². The number of amides is 1. The summed E-state index contributed by atoms with van der Waals surface area (Å²) in [6.07, 6.45) is -1.82. The standard InChI is InChI=1S/C21H21N5O5S/c1-28-14-7-5-6-13(10-14)22-21(27)31-17-12-30-18-16(11-29-19(17)18)26-20(23-24-25-26)32-15-8-3-2-4-9-15/h2-10,16-19H,11-12H2,1H3,(H,22,27). The van der Waals surface area contributed by atoms with Gasteiger partial charge in [0.2, 0.25) is 5.16 Å². The molecule has 0 saturated carbocycles. The van der Waals surface area contributed by atoms with E-state index in [-0.39, 0.29) is 18.8 Å². The Bertz CT molecular complexity index is 1080. The van der Waals surface area contributed by atoms with Crippen molar-refractivity contribution in [1.29, 1.82) is 0 Å². The normalized spacial score (nSPS) is 24.2. The van der Waals surface area contributed by atoms with Crippen molar-refractivity contribution in [2.24, 2.45) is 0 Å². The number of hydrogen-bond acceptors (Lipinski definition) is 9. The first-order chi connectivity index (χ1) is 15.7. The molecule has 0 bridgehead atoms. The lowest BCUT2D eigenvalue weighted by atomic mass is 10.1. The van der Waals surface area contributed by atoms with Crippen LogP contribution in [0.3, 0.4) is 0 Å². The fourth-order valence-corrected chi connectivity index (χ4v) is 4.64. The highest BCUT2D eigenvalue weighted by atomic mass is 32.2. The Labute approximate surface area is 188 Å². The molecule has 0 radical (unpaired) electrons. The average molecular weight is 455 g/mol. The first kappa shape index (κ1) is 20.7. The van der Waals surface area contributed by atoms with E-state index in [9.17, 15) is 4.79 Å². The maximum Gasteiger partial charge on any atom is 0.412 e. The van der Waals surface area contributed by atoms with Crippen LogP contribution in [-0.2, 0) is 14.2 Å². The molecule has 166 valence electrons. The number of aromatic nitrogens is 4. The molecule has 2 aliphatic heterocycles. The summed E-state index contributed by atoms with van der Waals surface area (Å²) in [5, 5.41) is 15.5. The molecule has 0 spiro atoms. The molecule has 2 aromatic carbocycles. The summed E-state index contributed by atoms with van der Waals surface area (Å²) in [5.74, 6) is 0.639. The van der Waals surface area contributed by atoms with Crippen molar-refractivity contribution in [3.8, 4) is 5.75 Å². The lowest BCUT2D eigenvalue weighted by Gasteiger charge is -2.17. The zero-order valence-corrected chi connectivity index (χ0v) is 18.0. The van der Waals surface area contributed by atoms with E-state index in [0.717, 1.165) is 4.90 Å². The molecule has 1 aromatic heterocycles. The van der Waals surface area contributed by atoms with Crippen LogP contribution in [0.5, 0.6) is 5.75 Å². The summed E-state index contributed by atoms with van der Waals surface area (Å²) in [6, 6.07) is 16.7. The highest BCUT2D eigenvalue weighted by Crippen LogP contribution is 2.37. The Morgan fingerprint density at radius 1 is 1.12 bits per heavy atom. The largest absolute Gasteiger partial charge is 0.497 e. The lowest BCUT2D eigenvalue weighted by Crippen LogP contribution is -2.35. The number of fused-ring (bicyclic) bond motifs is 1. The van der Waals surface area contributed by atoms with Gasteiger partial charge < -0.3 is 18.9 Å². The number of carbonyl (C=O) groups is 1. The molecule has 0 aliphatic carbocycles. The molecule has 3 heterocycles. The van der Waals surface area contributed by atoms with Crippen molar-refractivity contribution < 1.29 is 23.7 Å². The van der Waals surface area contributed by atoms with E-state index in [0.29, 0.717) is 23.2 Å². The van der Waals surface area contributed by atoms with Gasteiger partial charge in [-0.25, -0.2) is 9.48 Å². The molecular formula is C21H21N5O5S. The summed E-state index contributed by atoms with van der Waals surface area (Å²) < 4.78 is 24.4. The smallest absolute Gasteiger partial charge is 0.412 e. The summed E-state index contributed by atoms with van der Waals surface area (Å²) in [4.78, 5) is 13.4. The molecule has 3 aromatic rings. The predicted octanol–water partition coefficient (Wildman–Crippen LogP) is 2.79. The fraction of sp³-hybridized carbons (Fsp3) is 0.333. The molecule has 2 saturated heterocycles. The van der Waals surface area contributed by atoms with Gasteiger partial charge in [0.05, 0.1) is 20.3 Å². The van der Waals surface area contributed by atoms with Gasteiger partial charge in [-0.15, -0.1) is 5.10 Å². The molecule has 2 aliphatic rings. The number of tetrazole rings is 1. The fourth-order valence-electron chi connectivity index (χ4n) is 3.80. The molecule has 10 nitrogen and oxygen atoms in total. The van der Waals surface area contributed by atoms with Crippen molar-refractivity contribution in [3.05, 3.63) is 54.6 Å². The first-order valence-electron chi connectivity index (χ1n) is 10.1. The third kappa shape index (κ3) is 4.27. The van der Waals surface area contributed by atoms with Crippen LogP contribution in [0.15, 0.2) is 64.6 Å². The summed E-state index contributed by atoms with van der Waals surface area (Å²) in [7, 11) is 1.57. The number of benzene rings is 2. The van der Waals surface area contributed by atoms with Gasteiger partial charge in [-0.2, -0.15) is 0 Å². The summed E-state index contributed by atoms with van der Waals surface area (Å²) >= 11 is 1.47. The van der Waals surface area contributed by atoms with Crippen molar-refractivity contribution >= 4 is 23.5 Å². The van der Waals surface area contributed by atoms with E-state index in [4.69, 9.17) is 18.9 Å². The Kier molecular flexibility index (Phi) is 5.93. The quantitative estimate of drug-likeness (QED) is 0.600. The minimum absolute atomic E-state index is 0.212. The lowest BCUT2D eigenvalue weighted by molar-refractivity contribution is 0.00751. The van der Waals surface area contributed by atoms with Crippen LogP contribution in [0.1, 0.15) is 6.04 Å². The van der Waals surface area contributed by atoms with E-state index in [1.54, 1.807) is 36.1 Å². The van der Waals surface area contributed by atoms with Gasteiger partial charge in [0, 0.05) is 16.6 Å². The number of nitrogens with zero attached hydrogens (tertiary/aromatic N) is 4. The van der Waals surface area contributed by atoms with Gasteiger partial charge in [0.25, 0.3) is 0 Å². The minimum Gasteiger partial charge on any atom is -0.497 e. The zero-order valence-electron chi connectivity index (χ0n) is 17.2. The van der Waals surface area contributed by atoms with Gasteiger partial charge in [-0.3, -0.25) is 5.32 Å². The van der Waals surface area contributed by atoms with E-state index >= 15 is 0 Å². The number of anilines is 1. The second kappa shape index (κ2) is 9.15. The van der Waals surface area contributed by atoms with Crippen LogP contribution < -0.4 is 10.1 Å². The minimum atomic E-state index is -0.581. The first-order valence-corrected chi connectivity index (χ1v) is 10.9. The molecule has 4 atom stereocenters. The average Bonchev–Trinajstić information content (AvgIpc) is 3.52. The number of hydrogen-bond donors (Lipinski definition) is 1. The molecule has 5 rings (SSSR count). The Morgan fingerprint density at radius 3 is 2.81 bits per heavy atom. The number of methoxy groups -OCH3 is 1. The van der Waals surface area contributed by atoms with Crippen LogP contribution in [0.2, 0.25) is 0 Å². The Hall–Kier alpha value is -3.15. The molecule has 4 unspecified atom stereocenters. The maximum absolute atomic E-state index is 12.4. The van der Waals surface area contributed by atoms with Crippen LogP contribution in [0, 0.1) is 0 Å². The molecule has 11 heteroatoms. The molecular weight excluding hydrogens is 434 g/mol. The van der Waals surface area contributed by atoms with Crippen molar-refractivity contribution in [2.75, 3.05) is 25.6 Å². The third-order valence-corrected chi connectivity index (χ3v) is 6.24. The van der Waals surface area contributed by atoms with Gasteiger partial charge in [0.15, 0.2) is 6.10 Å². The summed E-state index contributed by atoms with van der Waals surface area (Å²) in [5.41, 5.74) is 0.575. The second-order valence-corrected chi connectivity index (χ2v) is 8.33. The Morgan fingerprint density at radius 2 is 1.97 bits per heavy atom. The van der Waals surface area contributed by atoms with Gasteiger partial charge in [-0.05, 0) is 46.5 Å². The van der Waals surface area contributed by atoms with Crippen LogP contribution >= 0.6 is 11.8 Å². The van der Waals surface area contributed by atoms with Crippen LogP contribution in [0.4, 0.5) is 10.5 Å². The second-order valence-electron chi connectivity index (χ2n) is 7.29. The molecule has 1 N–H and O–H groups in total. The summed E-state index contributed by atoms with van der Waals surface area (Å²) in [6.45, 7) is 0.598. The van der Waals surface area contributed by atoms with E-state index in [2.05, 4.69) is 20.8 Å². The highest BCUT2D eigenvalue weighted by Gasteiger charge is 2.51. The topological polar surface area (TPSA) is 110 Å². The van der Waals surface area contributed by atoms with Crippen molar-refractivity contribution in [2.45, 2.75) is 34.4 Å². The van der Waals surface area contributed by atoms with E-state index in [1.165, 1.54) is 11.8 Å². The van der Waals surface area contributed by atoms with Crippen LogP contribution in [-0.4, -0.2) is 64.9 Å². The van der Waals surface area contributed by atoms with E-state index in [1.807, 2.05) is 30.3 Å². The SMILES string of the molecule is COc1cccc(NC(=O)OC2COC3C2OCC3n2nnnc2Sc2ccccc2)c1. The van der Waals surface area contributed by atoms with Gasteiger partial charge >= 0.3 is 6.09 Å². The molecule has 1 amide bonds. The van der Waals surface area contributed by atoms with Gasteiger partial charge in [-0.1, -0.05) is 24.3 Å². The monoisotopic (exact) mass is 455 g/mol. The van der Waals surface area contributed by atoms with Crippen molar-refractivity contribution in [3.63, 3.8) is 0 Å². The number of rotatable bonds is 6. The predicted molar refractivity (Wildman–Crippen MR) is 114 cm³/mol.